The lowest BCUT2D eigenvalue weighted by molar-refractivity contribution is 0.101. The van der Waals surface area contributed by atoms with E-state index < -0.39 is 5.91 Å². The number of anilines is 1. The van der Waals surface area contributed by atoms with Crippen molar-refractivity contribution in [1.82, 2.24) is 25.2 Å². The second kappa shape index (κ2) is 9.97. The molecule has 1 aromatic carbocycles. The quantitative estimate of drug-likeness (QED) is 0.305. The van der Waals surface area contributed by atoms with Crippen molar-refractivity contribution in [1.29, 1.82) is 0 Å². The standard InChI is InChI=1S/C17H19ClN6O2S2/c1-3-4-9-27-17-22-21-16(28-17)19-15(25)14-13(10-26-2)24(23-20-14)12-7-5-11(18)6-8-12/h5-8H,3-4,9-10H2,1-2H3,(H,19,21,25). The predicted molar refractivity (Wildman–Crippen MR) is 111 cm³/mol. The highest BCUT2D eigenvalue weighted by molar-refractivity contribution is 8.01. The lowest BCUT2D eigenvalue weighted by atomic mass is 10.2. The first kappa shape index (κ1) is 20.7. The van der Waals surface area contributed by atoms with Gasteiger partial charge in [0.25, 0.3) is 5.91 Å². The summed E-state index contributed by atoms with van der Waals surface area (Å²) in [4.78, 5) is 12.7. The summed E-state index contributed by atoms with van der Waals surface area (Å²) in [6.07, 6.45) is 2.24. The molecular weight excluding hydrogens is 420 g/mol. The number of halogens is 1. The average molecular weight is 439 g/mol. The van der Waals surface area contributed by atoms with Crippen LogP contribution in [0, 0.1) is 0 Å². The van der Waals surface area contributed by atoms with Crippen molar-refractivity contribution < 1.29 is 9.53 Å². The van der Waals surface area contributed by atoms with Gasteiger partial charge in [-0.3, -0.25) is 10.1 Å². The van der Waals surface area contributed by atoms with Gasteiger partial charge in [0.15, 0.2) is 10.0 Å². The lowest BCUT2D eigenvalue weighted by Gasteiger charge is -2.07. The van der Waals surface area contributed by atoms with E-state index in [1.165, 1.54) is 11.3 Å². The van der Waals surface area contributed by atoms with Crippen molar-refractivity contribution in [2.45, 2.75) is 30.7 Å². The molecule has 2 aromatic heterocycles. The molecule has 0 aliphatic carbocycles. The summed E-state index contributed by atoms with van der Waals surface area (Å²) in [7, 11) is 1.55. The number of benzene rings is 1. The highest BCUT2D eigenvalue weighted by Gasteiger charge is 2.22. The van der Waals surface area contributed by atoms with Gasteiger partial charge >= 0.3 is 0 Å². The summed E-state index contributed by atoms with van der Waals surface area (Å²) in [5, 5.41) is 20.0. The van der Waals surface area contributed by atoms with Crippen molar-refractivity contribution in [2.75, 3.05) is 18.2 Å². The monoisotopic (exact) mass is 438 g/mol. The maximum atomic E-state index is 12.7. The topological polar surface area (TPSA) is 94.8 Å². The van der Waals surface area contributed by atoms with E-state index in [1.807, 2.05) is 0 Å². The minimum atomic E-state index is -0.409. The molecule has 0 aliphatic heterocycles. The Morgan fingerprint density at radius 2 is 2.07 bits per heavy atom. The first-order valence-electron chi connectivity index (χ1n) is 8.59. The molecule has 0 saturated carbocycles. The Hall–Kier alpha value is -2.01. The second-order valence-corrected chi connectivity index (χ2v) is 8.49. The number of hydrogen-bond acceptors (Lipinski definition) is 8. The molecule has 11 heteroatoms. The van der Waals surface area contributed by atoms with Crippen molar-refractivity contribution >= 4 is 45.7 Å². The molecule has 0 aliphatic rings. The van der Waals surface area contributed by atoms with E-state index in [0.29, 0.717) is 15.8 Å². The number of thioether (sulfide) groups is 1. The minimum Gasteiger partial charge on any atom is -0.378 e. The number of methoxy groups -OCH3 is 1. The van der Waals surface area contributed by atoms with E-state index >= 15 is 0 Å². The van der Waals surface area contributed by atoms with Crippen LogP contribution in [0.2, 0.25) is 5.02 Å². The number of hydrogen-bond donors (Lipinski definition) is 1. The summed E-state index contributed by atoms with van der Waals surface area (Å²) in [6.45, 7) is 2.31. The number of aromatic nitrogens is 5. The minimum absolute atomic E-state index is 0.173. The molecule has 8 nitrogen and oxygen atoms in total. The Morgan fingerprint density at radius 1 is 1.29 bits per heavy atom. The summed E-state index contributed by atoms with van der Waals surface area (Å²) in [5.74, 6) is 0.570. The average Bonchev–Trinajstić information content (AvgIpc) is 3.30. The van der Waals surface area contributed by atoms with Gasteiger partial charge in [-0.25, -0.2) is 4.68 Å². The number of amides is 1. The number of ether oxygens (including phenoxy) is 1. The molecule has 0 unspecified atom stereocenters. The molecule has 2 heterocycles. The Bertz CT molecular complexity index is 928. The Labute approximate surface area is 175 Å². The van der Waals surface area contributed by atoms with Crippen LogP contribution >= 0.6 is 34.7 Å². The van der Waals surface area contributed by atoms with Crippen LogP contribution in [0.4, 0.5) is 5.13 Å². The van der Waals surface area contributed by atoms with Gasteiger partial charge in [0.1, 0.15) is 5.69 Å². The Kier molecular flexibility index (Phi) is 7.37. The van der Waals surface area contributed by atoms with E-state index in [2.05, 4.69) is 32.7 Å². The van der Waals surface area contributed by atoms with Crippen LogP contribution in [0.5, 0.6) is 0 Å². The number of unbranched alkanes of at least 4 members (excludes halogenated alkanes) is 1. The van der Waals surface area contributed by atoms with Crippen LogP contribution in [-0.2, 0) is 11.3 Å². The third kappa shape index (κ3) is 5.07. The number of carbonyl (C=O) groups is 1. The fourth-order valence-electron chi connectivity index (χ4n) is 2.31. The molecule has 0 radical (unpaired) electrons. The molecule has 148 valence electrons. The van der Waals surface area contributed by atoms with E-state index in [0.717, 1.165) is 28.6 Å². The zero-order chi connectivity index (χ0) is 19.9. The van der Waals surface area contributed by atoms with E-state index in [9.17, 15) is 4.79 Å². The van der Waals surface area contributed by atoms with E-state index in [1.54, 1.807) is 47.8 Å². The summed E-state index contributed by atoms with van der Waals surface area (Å²) in [6, 6.07) is 7.08. The lowest BCUT2D eigenvalue weighted by Crippen LogP contribution is -2.16. The van der Waals surface area contributed by atoms with Crippen LogP contribution in [0.3, 0.4) is 0 Å². The summed E-state index contributed by atoms with van der Waals surface area (Å²) in [5.41, 5.74) is 1.44. The van der Waals surface area contributed by atoms with Crippen molar-refractivity contribution in [3.63, 3.8) is 0 Å². The molecule has 3 rings (SSSR count). The van der Waals surface area contributed by atoms with Crippen molar-refractivity contribution in [3.8, 4) is 5.69 Å². The SMILES string of the molecule is CCCCSc1nnc(NC(=O)c2nnn(-c3ccc(Cl)cc3)c2COC)s1. The molecule has 28 heavy (non-hydrogen) atoms. The summed E-state index contributed by atoms with van der Waals surface area (Å²) >= 11 is 8.91. The summed E-state index contributed by atoms with van der Waals surface area (Å²) < 4.78 is 7.62. The maximum absolute atomic E-state index is 12.7. The van der Waals surface area contributed by atoms with Crippen LogP contribution in [0.15, 0.2) is 28.6 Å². The molecule has 1 N–H and O–H groups in total. The molecular formula is C17H19ClN6O2S2. The first-order chi connectivity index (χ1) is 13.6. The Morgan fingerprint density at radius 3 is 2.79 bits per heavy atom. The van der Waals surface area contributed by atoms with Crippen molar-refractivity contribution in [2.24, 2.45) is 0 Å². The van der Waals surface area contributed by atoms with Gasteiger partial charge < -0.3 is 4.74 Å². The van der Waals surface area contributed by atoms with Gasteiger partial charge in [-0.1, -0.05) is 53.3 Å². The van der Waals surface area contributed by atoms with Gasteiger partial charge in [0.2, 0.25) is 5.13 Å². The molecule has 1 amide bonds. The Balaban J connectivity index is 1.77. The fraction of sp³-hybridized carbons (Fsp3) is 0.353. The molecule has 0 fully saturated rings. The maximum Gasteiger partial charge on any atom is 0.280 e. The van der Waals surface area contributed by atoms with Gasteiger partial charge in [-0.2, -0.15) is 0 Å². The van der Waals surface area contributed by atoms with Gasteiger partial charge in [0, 0.05) is 17.9 Å². The van der Waals surface area contributed by atoms with E-state index in [-0.39, 0.29) is 12.3 Å². The van der Waals surface area contributed by atoms with E-state index in [4.69, 9.17) is 16.3 Å². The van der Waals surface area contributed by atoms with Gasteiger partial charge in [-0.15, -0.1) is 15.3 Å². The highest BCUT2D eigenvalue weighted by Crippen LogP contribution is 2.26. The molecule has 0 atom stereocenters. The third-order valence-electron chi connectivity index (χ3n) is 3.68. The predicted octanol–water partition coefficient (Wildman–Crippen LogP) is 4.06. The molecule has 0 saturated heterocycles. The first-order valence-corrected chi connectivity index (χ1v) is 10.8. The molecule has 0 spiro atoms. The number of carbonyl (C=O) groups excluding carboxylic acids is 1. The number of nitrogens with zero attached hydrogens (tertiary/aromatic N) is 5. The zero-order valence-electron chi connectivity index (χ0n) is 15.4. The van der Waals surface area contributed by atoms with Crippen LogP contribution < -0.4 is 5.32 Å². The molecule has 3 aromatic rings. The smallest absolute Gasteiger partial charge is 0.280 e. The largest absolute Gasteiger partial charge is 0.378 e. The van der Waals surface area contributed by atoms with Crippen LogP contribution in [0.25, 0.3) is 5.69 Å². The normalized spacial score (nSPS) is 11.0. The zero-order valence-corrected chi connectivity index (χ0v) is 17.8. The van der Waals surface area contributed by atoms with Crippen molar-refractivity contribution in [3.05, 3.63) is 40.7 Å². The van der Waals surface area contributed by atoms with Crippen LogP contribution in [-0.4, -0.2) is 44.0 Å². The molecule has 0 bridgehead atoms. The number of nitrogens with one attached hydrogen (secondary N) is 1. The third-order valence-corrected chi connectivity index (χ3v) is 5.99. The number of rotatable bonds is 9. The van der Waals surface area contributed by atoms with Crippen LogP contribution in [0.1, 0.15) is 35.9 Å². The van der Waals surface area contributed by atoms with Gasteiger partial charge in [-0.05, 0) is 30.7 Å². The highest BCUT2D eigenvalue weighted by atomic mass is 35.5. The second-order valence-electron chi connectivity index (χ2n) is 5.74. The fourth-order valence-corrected chi connectivity index (χ4v) is 4.34. The van der Waals surface area contributed by atoms with Gasteiger partial charge in [0.05, 0.1) is 12.3 Å².